The lowest BCUT2D eigenvalue weighted by atomic mass is 9.88. The van der Waals surface area contributed by atoms with Crippen LogP contribution in [0, 0.1) is 5.92 Å². The van der Waals surface area contributed by atoms with Crippen LogP contribution in [0.5, 0.6) is 5.75 Å². The van der Waals surface area contributed by atoms with E-state index in [1.165, 1.54) is 5.06 Å². The maximum atomic E-state index is 13.4. The minimum atomic E-state index is -1.34. The molecule has 0 radical (unpaired) electrons. The third kappa shape index (κ3) is 4.43. The summed E-state index contributed by atoms with van der Waals surface area (Å²) in [5.74, 6) is -1.93. The molecule has 7 nitrogen and oxygen atoms in total. The first-order valence-electron chi connectivity index (χ1n) is 10.4. The highest BCUT2D eigenvalue weighted by molar-refractivity contribution is 5.97. The first-order chi connectivity index (χ1) is 15.6. The van der Waals surface area contributed by atoms with Crippen molar-refractivity contribution in [1.82, 2.24) is 0 Å². The van der Waals surface area contributed by atoms with Gasteiger partial charge in [-0.25, -0.2) is 9.86 Å². The number of carboxylic acid groups (broad SMARTS) is 1. The molecular formula is C25H24N2O5. The highest BCUT2D eigenvalue weighted by Gasteiger charge is 2.52. The van der Waals surface area contributed by atoms with Gasteiger partial charge in [0.25, 0.3) is 0 Å². The zero-order valence-electron chi connectivity index (χ0n) is 17.5. The second-order valence-corrected chi connectivity index (χ2v) is 7.35. The molecule has 0 aliphatic carbocycles. The second kappa shape index (κ2) is 9.53. The first kappa shape index (κ1) is 21.4. The Balaban J connectivity index is 1.69. The number of benzene rings is 3. The molecule has 0 aromatic heterocycles. The molecule has 1 saturated heterocycles. The Bertz CT molecular complexity index is 1060. The van der Waals surface area contributed by atoms with Crippen LogP contribution in [0.1, 0.15) is 18.5 Å². The summed E-state index contributed by atoms with van der Waals surface area (Å²) in [4.78, 5) is 31.3. The molecule has 1 amide bonds. The van der Waals surface area contributed by atoms with Crippen LogP contribution in [-0.2, 0) is 14.4 Å². The summed E-state index contributed by atoms with van der Waals surface area (Å²) in [5, 5.41) is 14.2. The highest BCUT2D eigenvalue weighted by atomic mass is 16.7. The van der Waals surface area contributed by atoms with Crippen LogP contribution < -0.4 is 15.1 Å². The Morgan fingerprint density at radius 1 is 0.969 bits per heavy atom. The van der Waals surface area contributed by atoms with Crippen LogP contribution in [0.3, 0.4) is 0 Å². The Labute approximate surface area is 186 Å². The Kier molecular flexibility index (Phi) is 6.37. The molecule has 1 fully saturated rings. The molecule has 32 heavy (non-hydrogen) atoms. The number of carbonyl (C=O) groups is 2. The van der Waals surface area contributed by atoms with E-state index in [1.54, 1.807) is 24.3 Å². The van der Waals surface area contributed by atoms with Gasteiger partial charge in [-0.15, -0.1) is 0 Å². The van der Waals surface area contributed by atoms with Gasteiger partial charge in [0, 0.05) is 5.69 Å². The number of anilines is 2. The lowest BCUT2D eigenvalue weighted by Gasteiger charge is -2.27. The number of nitrogens with one attached hydrogen (secondary N) is 1. The summed E-state index contributed by atoms with van der Waals surface area (Å²) >= 11 is 0. The zero-order chi connectivity index (χ0) is 22.5. The number of carboxylic acids is 1. The number of ether oxygens (including phenoxy) is 1. The van der Waals surface area contributed by atoms with E-state index in [-0.39, 0.29) is 0 Å². The van der Waals surface area contributed by atoms with E-state index in [1.807, 2.05) is 67.6 Å². The molecule has 0 spiro atoms. The molecule has 0 saturated carbocycles. The number of hydrogen-bond acceptors (Lipinski definition) is 5. The average molecular weight is 432 g/mol. The summed E-state index contributed by atoms with van der Waals surface area (Å²) in [7, 11) is 0. The van der Waals surface area contributed by atoms with Crippen molar-refractivity contribution in [2.24, 2.45) is 5.92 Å². The molecule has 3 aromatic rings. The van der Waals surface area contributed by atoms with Crippen molar-refractivity contribution in [3.63, 3.8) is 0 Å². The van der Waals surface area contributed by atoms with Crippen molar-refractivity contribution >= 4 is 23.3 Å². The van der Waals surface area contributed by atoms with Gasteiger partial charge in [0.05, 0.1) is 18.3 Å². The minimum absolute atomic E-state index is 0.436. The van der Waals surface area contributed by atoms with Gasteiger partial charge in [-0.2, -0.15) is 0 Å². The predicted octanol–water partition coefficient (Wildman–Crippen LogP) is 4.29. The third-order valence-corrected chi connectivity index (χ3v) is 5.28. The predicted molar refractivity (Wildman–Crippen MR) is 120 cm³/mol. The van der Waals surface area contributed by atoms with E-state index in [0.29, 0.717) is 23.7 Å². The number of hydrogen-bond donors (Lipinski definition) is 2. The Hall–Kier alpha value is -3.84. The zero-order valence-corrected chi connectivity index (χ0v) is 17.5. The van der Waals surface area contributed by atoms with Crippen molar-refractivity contribution < 1.29 is 24.3 Å². The molecule has 0 unspecified atom stereocenters. The van der Waals surface area contributed by atoms with Crippen molar-refractivity contribution in [3.05, 3.63) is 90.5 Å². The number of para-hydroxylation sites is 1. The largest absolute Gasteiger partial charge is 0.494 e. The van der Waals surface area contributed by atoms with Gasteiger partial charge in [0.1, 0.15) is 11.7 Å². The van der Waals surface area contributed by atoms with Crippen LogP contribution in [0.2, 0.25) is 0 Å². The fraction of sp³-hybridized carbons (Fsp3) is 0.200. The first-order valence-corrected chi connectivity index (χ1v) is 10.4. The van der Waals surface area contributed by atoms with Crippen LogP contribution in [0.25, 0.3) is 0 Å². The maximum absolute atomic E-state index is 13.4. The molecule has 3 aromatic carbocycles. The molecule has 7 heteroatoms. The molecule has 1 aliphatic heterocycles. The van der Waals surface area contributed by atoms with E-state index in [0.717, 1.165) is 5.56 Å². The fourth-order valence-electron chi connectivity index (χ4n) is 3.86. The van der Waals surface area contributed by atoms with Crippen LogP contribution in [0.15, 0.2) is 84.9 Å². The number of amides is 1. The van der Waals surface area contributed by atoms with Crippen molar-refractivity contribution in [2.75, 3.05) is 17.0 Å². The van der Waals surface area contributed by atoms with Gasteiger partial charge in [-0.3, -0.25) is 9.63 Å². The second-order valence-electron chi connectivity index (χ2n) is 7.35. The molecule has 2 N–H and O–H groups in total. The summed E-state index contributed by atoms with van der Waals surface area (Å²) < 4.78 is 5.43. The van der Waals surface area contributed by atoms with E-state index in [4.69, 9.17) is 9.57 Å². The molecule has 0 bridgehead atoms. The molecule has 164 valence electrons. The molecular weight excluding hydrogens is 408 g/mol. The number of carbonyl (C=O) groups excluding carboxylic acids is 1. The van der Waals surface area contributed by atoms with Crippen molar-refractivity contribution in [1.29, 1.82) is 0 Å². The number of nitrogens with zero attached hydrogens (tertiary/aromatic N) is 1. The topological polar surface area (TPSA) is 88.1 Å². The quantitative estimate of drug-likeness (QED) is 0.579. The summed E-state index contributed by atoms with van der Waals surface area (Å²) in [6.45, 7) is 2.43. The van der Waals surface area contributed by atoms with E-state index in [9.17, 15) is 14.7 Å². The summed E-state index contributed by atoms with van der Waals surface area (Å²) in [6.07, 6.45) is -1.34. The van der Waals surface area contributed by atoms with E-state index >= 15 is 0 Å². The lowest BCUT2D eigenvalue weighted by molar-refractivity contribution is -0.151. The smallest absolute Gasteiger partial charge is 0.336 e. The third-order valence-electron chi connectivity index (χ3n) is 5.28. The number of rotatable bonds is 7. The highest BCUT2D eigenvalue weighted by Crippen LogP contribution is 2.43. The number of hydroxylamine groups is 1. The standard InChI is InChI=1S/C25H24N2O5/c1-2-31-20-15-13-18(14-16-20)26-24(28)21-22(17-9-5-3-6-10-17)27(32-23(21)25(29)30)19-11-7-4-8-12-19/h3-16,21-23H,2H2,1H3,(H,26,28)(H,29,30)/t21-,22+,23+/m1/s1. The monoisotopic (exact) mass is 432 g/mol. The van der Waals surface area contributed by atoms with Gasteiger partial charge >= 0.3 is 5.97 Å². The van der Waals surface area contributed by atoms with Crippen molar-refractivity contribution in [3.8, 4) is 5.75 Å². The fourth-order valence-corrected chi connectivity index (χ4v) is 3.86. The number of aliphatic carboxylic acids is 1. The lowest BCUT2D eigenvalue weighted by Crippen LogP contribution is -2.37. The van der Waals surface area contributed by atoms with E-state index in [2.05, 4.69) is 5.32 Å². The summed E-state index contributed by atoms with van der Waals surface area (Å²) in [5.41, 5.74) is 2.00. The molecule has 3 atom stereocenters. The van der Waals surface area contributed by atoms with Gasteiger partial charge in [-0.05, 0) is 48.9 Å². The van der Waals surface area contributed by atoms with Gasteiger partial charge in [-0.1, -0.05) is 48.5 Å². The SMILES string of the molecule is CCOc1ccc(NC(=O)[C@H]2[C@@H](C(=O)O)ON(c3ccccc3)[C@H]2c2ccccc2)cc1. The van der Waals surface area contributed by atoms with Crippen molar-refractivity contribution in [2.45, 2.75) is 19.1 Å². The maximum Gasteiger partial charge on any atom is 0.336 e. The Morgan fingerprint density at radius 3 is 2.19 bits per heavy atom. The molecule has 1 aliphatic rings. The van der Waals surface area contributed by atoms with Crippen LogP contribution in [-0.4, -0.2) is 29.7 Å². The molecule has 4 rings (SSSR count). The van der Waals surface area contributed by atoms with Gasteiger partial charge < -0.3 is 15.2 Å². The Morgan fingerprint density at radius 2 is 1.59 bits per heavy atom. The van der Waals surface area contributed by atoms with E-state index < -0.39 is 29.9 Å². The summed E-state index contributed by atoms with van der Waals surface area (Å²) in [6, 6.07) is 24.8. The normalized spacial score (nSPS) is 20.0. The minimum Gasteiger partial charge on any atom is -0.494 e. The van der Waals surface area contributed by atoms with Gasteiger partial charge in [0.15, 0.2) is 6.10 Å². The van der Waals surface area contributed by atoms with Crippen LogP contribution in [0.4, 0.5) is 11.4 Å². The molecule has 1 heterocycles. The van der Waals surface area contributed by atoms with Crippen LogP contribution >= 0.6 is 0 Å². The van der Waals surface area contributed by atoms with Gasteiger partial charge in [0.2, 0.25) is 5.91 Å². The average Bonchev–Trinajstić information content (AvgIpc) is 3.23.